The van der Waals surface area contributed by atoms with E-state index in [0.29, 0.717) is 29.6 Å². The molecule has 1 aromatic rings. The van der Waals surface area contributed by atoms with Crippen LogP contribution in [0.4, 0.5) is 5.69 Å². The summed E-state index contributed by atoms with van der Waals surface area (Å²) in [6, 6.07) is 5.21. The molecule has 0 atom stereocenters. The zero-order chi connectivity index (χ0) is 13.7. The molecule has 6 nitrogen and oxygen atoms in total. The van der Waals surface area contributed by atoms with Gasteiger partial charge < -0.3 is 20.1 Å². The minimum atomic E-state index is -0.261. The van der Waals surface area contributed by atoms with Crippen molar-refractivity contribution in [2.24, 2.45) is 4.99 Å². The van der Waals surface area contributed by atoms with Crippen LogP contribution in [0.3, 0.4) is 0 Å². The monoisotopic (exact) mass is 263 g/mol. The highest BCUT2D eigenvalue weighted by molar-refractivity contribution is 6.42. The first kappa shape index (κ1) is 13.2. The number of amidine groups is 1. The van der Waals surface area contributed by atoms with Gasteiger partial charge in [-0.2, -0.15) is 0 Å². The summed E-state index contributed by atoms with van der Waals surface area (Å²) in [4.78, 5) is 16.1. The van der Waals surface area contributed by atoms with Crippen LogP contribution in [-0.4, -0.2) is 39.1 Å². The quantitative estimate of drug-likeness (QED) is 0.851. The summed E-state index contributed by atoms with van der Waals surface area (Å²) >= 11 is 0. The molecule has 102 valence electrons. The maximum absolute atomic E-state index is 12.0. The molecule has 19 heavy (non-hydrogen) atoms. The summed E-state index contributed by atoms with van der Waals surface area (Å²) in [7, 11) is 3.12. The van der Waals surface area contributed by atoms with Gasteiger partial charge in [-0.15, -0.1) is 0 Å². The van der Waals surface area contributed by atoms with Gasteiger partial charge in [-0.3, -0.25) is 9.79 Å². The van der Waals surface area contributed by atoms with E-state index in [4.69, 9.17) is 9.47 Å². The molecule has 6 heteroatoms. The van der Waals surface area contributed by atoms with Gasteiger partial charge in [0.2, 0.25) is 0 Å². The summed E-state index contributed by atoms with van der Waals surface area (Å²) in [6.45, 7) is 1.45. The lowest BCUT2D eigenvalue weighted by Gasteiger charge is -2.15. The van der Waals surface area contributed by atoms with Crippen LogP contribution in [0.25, 0.3) is 0 Å². The second kappa shape index (κ2) is 6.08. The molecule has 0 bridgehead atoms. The zero-order valence-electron chi connectivity index (χ0n) is 11.0. The number of ether oxygens (including phenoxy) is 2. The number of benzene rings is 1. The van der Waals surface area contributed by atoms with Gasteiger partial charge in [-0.25, -0.2) is 0 Å². The van der Waals surface area contributed by atoms with E-state index in [-0.39, 0.29) is 5.91 Å². The average Bonchev–Trinajstić information content (AvgIpc) is 2.48. The Bertz CT molecular complexity index is 500. The van der Waals surface area contributed by atoms with Crippen molar-refractivity contribution in [3.8, 4) is 11.5 Å². The number of carbonyl (C=O) groups excluding carboxylic acids is 1. The lowest BCUT2D eigenvalue weighted by Crippen LogP contribution is -2.39. The molecule has 0 fully saturated rings. The zero-order valence-corrected chi connectivity index (χ0v) is 11.0. The molecular formula is C13H17N3O3. The number of anilines is 1. The van der Waals surface area contributed by atoms with Crippen molar-refractivity contribution in [3.63, 3.8) is 0 Å². The highest BCUT2D eigenvalue weighted by Gasteiger charge is 2.15. The van der Waals surface area contributed by atoms with Crippen molar-refractivity contribution in [1.29, 1.82) is 0 Å². The Morgan fingerprint density at radius 3 is 2.84 bits per heavy atom. The Morgan fingerprint density at radius 1 is 1.37 bits per heavy atom. The molecule has 2 N–H and O–H groups in total. The first-order valence-corrected chi connectivity index (χ1v) is 6.06. The number of methoxy groups -OCH3 is 2. The highest BCUT2D eigenvalue weighted by atomic mass is 16.5. The summed E-state index contributed by atoms with van der Waals surface area (Å²) in [5.74, 6) is 1.32. The minimum absolute atomic E-state index is 0.261. The van der Waals surface area contributed by atoms with E-state index in [2.05, 4.69) is 15.6 Å². The van der Waals surface area contributed by atoms with Crippen LogP contribution in [-0.2, 0) is 4.79 Å². The Hall–Kier alpha value is -2.24. The molecule has 0 aliphatic carbocycles. The number of nitrogens with one attached hydrogen (secondary N) is 2. The fourth-order valence-electron chi connectivity index (χ4n) is 1.77. The number of hydrogen-bond donors (Lipinski definition) is 2. The van der Waals surface area contributed by atoms with Gasteiger partial charge in [0, 0.05) is 19.2 Å². The molecular weight excluding hydrogens is 246 g/mol. The predicted octanol–water partition coefficient (Wildman–Crippen LogP) is 1.03. The largest absolute Gasteiger partial charge is 0.497 e. The fourth-order valence-corrected chi connectivity index (χ4v) is 1.77. The van der Waals surface area contributed by atoms with Crippen molar-refractivity contribution >= 4 is 17.4 Å². The second-order valence-corrected chi connectivity index (χ2v) is 4.03. The van der Waals surface area contributed by atoms with E-state index in [9.17, 15) is 4.79 Å². The average molecular weight is 263 g/mol. The molecule has 0 saturated heterocycles. The van der Waals surface area contributed by atoms with Crippen molar-refractivity contribution in [3.05, 3.63) is 18.2 Å². The number of amides is 1. The van der Waals surface area contributed by atoms with Gasteiger partial charge in [0.05, 0.1) is 19.9 Å². The summed E-state index contributed by atoms with van der Waals surface area (Å²) in [6.07, 6.45) is 0.947. The topological polar surface area (TPSA) is 72.0 Å². The van der Waals surface area contributed by atoms with E-state index in [1.807, 2.05) is 0 Å². The molecule has 0 spiro atoms. The van der Waals surface area contributed by atoms with Gasteiger partial charge in [0.15, 0.2) is 5.84 Å². The smallest absolute Gasteiger partial charge is 0.290 e. The van der Waals surface area contributed by atoms with Crippen molar-refractivity contribution < 1.29 is 14.3 Å². The predicted molar refractivity (Wildman–Crippen MR) is 73.1 cm³/mol. The van der Waals surface area contributed by atoms with Crippen LogP contribution >= 0.6 is 0 Å². The number of carbonyl (C=O) groups is 1. The van der Waals surface area contributed by atoms with Crippen LogP contribution in [0.1, 0.15) is 6.42 Å². The number of rotatable bonds is 4. The van der Waals surface area contributed by atoms with Gasteiger partial charge >= 0.3 is 0 Å². The molecule has 2 rings (SSSR count). The third-order valence-corrected chi connectivity index (χ3v) is 2.77. The molecule has 1 aromatic carbocycles. The normalized spacial score (nSPS) is 14.1. The van der Waals surface area contributed by atoms with E-state index in [1.54, 1.807) is 32.4 Å². The Morgan fingerprint density at radius 2 is 2.21 bits per heavy atom. The SMILES string of the molecule is COc1ccc(NC(=O)C2=NCCCN2)c(OC)c1. The van der Waals surface area contributed by atoms with E-state index in [1.165, 1.54) is 0 Å². The van der Waals surface area contributed by atoms with Crippen LogP contribution in [0, 0.1) is 0 Å². The molecule has 0 aromatic heterocycles. The Balaban J connectivity index is 2.14. The lowest BCUT2D eigenvalue weighted by molar-refractivity contribution is -0.110. The van der Waals surface area contributed by atoms with Crippen LogP contribution in [0.2, 0.25) is 0 Å². The summed E-state index contributed by atoms with van der Waals surface area (Å²) < 4.78 is 10.3. The first-order chi connectivity index (χ1) is 9.24. The number of nitrogens with zero attached hydrogens (tertiary/aromatic N) is 1. The molecule has 0 radical (unpaired) electrons. The van der Waals surface area contributed by atoms with Crippen LogP contribution in [0.5, 0.6) is 11.5 Å². The van der Waals surface area contributed by atoms with Crippen molar-refractivity contribution in [1.82, 2.24) is 5.32 Å². The molecule has 1 aliphatic heterocycles. The Labute approximate surface area is 111 Å². The molecule has 1 aliphatic rings. The number of aliphatic imine (C=N–C) groups is 1. The Kier molecular flexibility index (Phi) is 4.22. The maximum Gasteiger partial charge on any atom is 0.290 e. The lowest BCUT2D eigenvalue weighted by atomic mass is 10.2. The summed E-state index contributed by atoms with van der Waals surface area (Å²) in [5, 5.41) is 5.74. The number of hydrogen-bond acceptors (Lipinski definition) is 5. The standard InChI is InChI=1S/C13H17N3O3/c1-18-9-4-5-10(11(8-9)19-2)16-13(17)12-14-6-3-7-15-12/h4-5,8H,3,6-7H2,1-2H3,(H,14,15)(H,16,17). The van der Waals surface area contributed by atoms with Gasteiger partial charge in [0.25, 0.3) is 5.91 Å². The van der Waals surface area contributed by atoms with Gasteiger partial charge in [-0.1, -0.05) is 0 Å². The van der Waals surface area contributed by atoms with Crippen molar-refractivity contribution in [2.75, 3.05) is 32.6 Å². The second-order valence-electron chi connectivity index (χ2n) is 4.03. The highest BCUT2D eigenvalue weighted by Crippen LogP contribution is 2.28. The molecule has 1 amide bonds. The van der Waals surface area contributed by atoms with E-state index >= 15 is 0 Å². The van der Waals surface area contributed by atoms with E-state index < -0.39 is 0 Å². The van der Waals surface area contributed by atoms with Gasteiger partial charge in [0.1, 0.15) is 11.5 Å². The maximum atomic E-state index is 12.0. The summed E-state index contributed by atoms with van der Waals surface area (Å²) in [5.41, 5.74) is 0.586. The first-order valence-electron chi connectivity index (χ1n) is 6.06. The minimum Gasteiger partial charge on any atom is -0.497 e. The van der Waals surface area contributed by atoms with Crippen molar-refractivity contribution in [2.45, 2.75) is 6.42 Å². The molecule has 0 unspecified atom stereocenters. The van der Waals surface area contributed by atoms with E-state index in [0.717, 1.165) is 13.0 Å². The molecule has 0 saturated carbocycles. The van der Waals surface area contributed by atoms with Crippen LogP contribution in [0.15, 0.2) is 23.2 Å². The van der Waals surface area contributed by atoms with Gasteiger partial charge in [-0.05, 0) is 18.6 Å². The third kappa shape index (κ3) is 3.15. The molecule has 1 heterocycles. The fraction of sp³-hybridized carbons (Fsp3) is 0.385. The third-order valence-electron chi connectivity index (χ3n) is 2.77. The van der Waals surface area contributed by atoms with Crippen LogP contribution < -0.4 is 20.1 Å².